The molecule has 0 aromatic heterocycles. The van der Waals surface area contributed by atoms with Gasteiger partial charge in [0.1, 0.15) is 5.75 Å². The first-order chi connectivity index (χ1) is 15.2. The maximum atomic E-state index is 13.0. The van der Waals surface area contributed by atoms with Crippen molar-refractivity contribution in [2.45, 2.75) is 30.2 Å². The van der Waals surface area contributed by atoms with E-state index in [0.717, 1.165) is 25.9 Å². The van der Waals surface area contributed by atoms with Crippen LogP contribution in [0.25, 0.3) is 0 Å². The highest BCUT2D eigenvalue weighted by Crippen LogP contribution is 2.27. The molecule has 178 valence electrons. The molecule has 0 saturated carbocycles. The van der Waals surface area contributed by atoms with Crippen LogP contribution in [0.15, 0.2) is 29.2 Å². The van der Waals surface area contributed by atoms with Crippen LogP contribution in [-0.2, 0) is 24.7 Å². The Morgan fingerprint density at radius 2 is 1.59 bits per heavy atom. The third-order valence-electron chi connectivity index (χ3n) is 6.85. The van der Waals surface area contributed by atoms with Crippen LogP contribution < -0.4 is 4.74 Å². The molecule has 0 aliphatic carbocycles. The van der Waals surface area contributed by atoms with Crippen molar-refractivity contribution < 1.29 is 26.4 Å². The molecule has 3 aliphatic heterocycles. The highest BCUT2D eigenvalue weighted by Gasteiger charge is 2.37. The Labute approximate surface area is 190 Å². The number of piperidine rings is 1. The van der Waals surface area contributed by atoms with Crippen LogP contribution in [0.1, 0.15) is 19.3 Å². The van der Waals surface area contributed by atoms with E-state index in [4.69, 9.17) is 4.74 Å². The second-order valence-electron chi connectivity index (χ2n) is 8.77. The molecule has 0 N–H and O–H groups in total. The molecule has 0 bridgehead atoms. The lowest BCUT2D eigenvalue weighted by atomic mass is 9.94. The number of likely N-dealkylation sites (tertiary alicyclic amines) is 1. The van der Waals surface area contributed by atoms with Crippen LogP contribution in [0.3, 0.4) is 0 Å². The fourth-order valence-corrected chi connectivity index (χ4v) is 8.06. The lowest BCUT2D eigenvalue weighted by Crippen LogP contribution is -2.53. The third kappa shape index (κ3) is 4.95. The number of piperazine rings is 1. The Balaban J connectivity index is 1.28. The Bertz CT molecular complexity index is 1030. The summed E-state index contributed by atoms with van der Waals surface area (Å²) in [5.41, 5.74) is 0. The van der Waals surface area contributed by atoms with Crippen molar-refractivity contribution in [3.8, 4) is 5.75 Å². The maximum Gasteiger partial charge on any atom is 0.243 e. The molecule has 1 aromatic rings. The van der Waals surface area contributed by atoms with Gasteiger partial charge in [-0.05, 0) is 56.6 Å². The summed E-state index contributed by atoms with van der Waals surface area (Å²) in [4.78, 5) is 17.2. The Hall–Kier alpha value is -1.69. The van der Waals surface area contributed by atoms with E-state index in [9.17, 15) is 21.6 Å². The first-order valence-corrected chi connectivity index (χ1v) is 14.3. The number of hydrogen-bond acceptors (Lipinski definition) is 7. The molecular weight excluding hydrogens is 454 g/mol. The number of carbonyl (C=O) groups is 1. The molecule has 9 nitrogen and oxygen atoms in total. The van der Waals surface area contributed by atoms with Crippen molar-refractivity contribution in [1.29, 1.82) is 0 Å². The minimum atomic E-state index is -3.60. The zero-order valence-electron chi connectivity index (χ0n) is 18.3. The summed E-state index contributed by atoms with van der Waals surface area (Å²) in [6.07, 6.45) is 2.13. The first-order valence-electron chi connectivity index (χ1n) is 11.1. The second kappa shape index (κ2) is 9.28. The van der Waals surface area contributed by atoms with E-state index < -0.39 is 19.9 Å². The zero-order valence-corrected chi connectivity index (χ0v) is 20.0. The number of carbonyl (C=O) groups excluding carboxylic acids is 1. The summed E-state index contributed by atoms with van der Waals surface area (Å²) in [6.45, 7) is 2.80. The van der Waals surface area contributed by atoms with E-state index in [2.05, 4.69) is 4.90 Å². The van der Waals surface area contributed by atoms with Gasteiger partial charge in [0.25, 0.3) is 0 Å². The molecule has 1 unspecified atom stereocenters. The van der Waals surface area contributed by atoms with Gasteiger partial charge in [0.2, 0.25) is 15.9 Å². The molecule has 4 rings (SSSR count). The largest absolute Gasteiger partial charge is 0.497 e. The van der Waals surface area contributed by atoms with E-state index in [0.29, 0.717) is 25.3 Å². The van der Waals surface area contributed by atoms with Gasteiger partial charge < -0.3 is 9.64 Å². The zero-order chi connectivity index (χ0) is 22.9. The van der Waals surface area contributed by atoms with Crippen molar-refractivity contribution in [1.82, 2.24) is 14.1 Å². The first kappa shape index (κ1) is 23.5. The SMILES string of the molecule is COc1ccc(S(=O)(=O)N2CCN(C(=O)C3CCN(C4CCS(=O)(=O)C4)CC3)CC2)cc1. The fourth-order valence-electron chi connectivity index (χ4n) is 4.88. The molecule has 11 heteroatoms. The van der Waals surface area contributed by atoms with Crippen molar-refractivity contribution in [2.24, 2.45) is 5.92 Å². The van der Waals surface area contributed by atoms with Crippen LogP contribution in [-0.4, -0.2) is 101 Å². The molecular formula is C21H31N3O6S2. The molecule has 3 aliphatic rings. The second-order valence-corrected chi connectivity index (χ2v) is 12.9. The normalized spacial score (nSPS) is 25.7. The minimum Gasteiger partial charge on any atom is -0.497 e. The quantitative estimate of drug-likeness (QED) is 0.596. The molecule has 1 aromatic carbocycles. The van der Waals surface area contributed by atoms with E-state index in [-0.39, 0.29) is 47.4 Å². The fraction of sp³-hybridized carbons (Fsp3) is 0.667. The summed E-state index contributed by atoms with van der Waals surface area (Å²) >= 11 is 0. The number of sulfonamides is 1. The number of benzene rings is 1. The summed E-state index contributed by atoms with van der Waals surface area (Å²) in [5.74, 6) is 1.11. The summed E-state index contributed by atoms with van der Waals surface area (Å²) in [6, 6.07) is 6.41. The highest BCUT2D eigenvalue weighted by molar-refractivity contribution is 7.91. The van der Waals surface area contributed by atoms with Gasteiger partial charge in [0.05, 0.1) is 23.5 Å². The summed E-state index contributed by atoms with van der Waals surface area (Å²) < 4.78 is 55.8. The number of rotatable bonds is 5. The standard InChI is InChI=1S/C21H31N3O6S2/c1-30-19-2-4-20(5-3-19)32(28,29)24-13-11-23(12-14-24)21(25)17-6-9-22(10-7-17)18-8-15-31(26,27)16-18/h2-5,17-18H,6-16H2,1H3. The highest BCUT2D eigenvalue weighted by atomic mass is 32.2. The van der Waals surface area contributed by atoms with Crippen molar-refractivity contribution in [3.05, 3.63) is 24.3 Å². The number of sulfone groups is 1. The van der Waals surface area contributed by atoms with Crippen molar-refractivity contribution >= 4 is 25.8 Å². The topological polar surface area (TPSA) is 104 Å². The van der Waals surface area contributed by atoms with Crippen LogP contribution in [0, 0.1) is 5.92 Å². The number of amides is 1. The van der Waals surface area contributed by atoms with E-state index in [1.165, 1.54) is 23.5 Å². The molecule has 1 atom stereocenters. The van der Waals surface area contributed by atoms with Gasteiger partial charge in [-0.3, -0.25) is 9.69 Å². The number of methoxy groups -OCH3 is 1. The average molecular weight is 486 g/mol. The number of hydrogen-bond donors (Lipinski definition) is 0. The van der Waals surface area contributed by atoms with Gasteiger partial charge in [-0.25, -0.2) is 16.8 Å². The smallest absolute Gasteiger partial charge is 0.243 e. The molecule has 1 amide bonds. The van der Waals surface area contributed by atoms with E-state index in [1.807, 2.05) is 0 Å². The van der Waals surface area contributed by atoms with Gasteiger partial charge in [0.15, 0.2) is 9.84 Å². The predicted octanol–water partition coefficient (Wildman–Crippen LogP) is 0.427. The minimum absolute atomic E-state index is 0.0750. The lowest BCUT2D eigenvalue weighted by Gasteiger charge is -2.39. The summed E-state index contributed by atoms with van der Waals surface area (Å²) in [7, 11) is -4.98. The van der Waals surface area contributed by atoms with Gasteiger partial charge in [-0.15, -0.1) is 0 Å². The van der Waals surface area contributed by atoms with E-state index >= 15 is 0 Å². The molecule has 3 fully saturated rings. The average Bonchev–Trinajstić information content (AvgIpc) is 3.18. The van der Waals surface area contributed by atoms with Gasteiger partial charge >= 0.3 is 0 Å². The van der Waals surface area contributed by atoms with Crippen LogP contribution in [0.2, 0.25) is 0 Å². The van der Waals surface area contributed by atoms with Gasteiger partial charge in [-0.1, -0.05) is 0 Å². The van der Waals surface area contributed by atoms with Crippen molar-refractivity contribution in [2.75, 3.05) is 57.9 Å². The van der Waals surface area contributed by atoms with Gasteiger partial charge in [0, 0.05) is 38.1 Å². The Morgan fingerprint density at radius 3 is 2.12 bits per heavy atom. The molecule has 0 spiro atoms. The van der Waals surface area contributed by atoms with Crippen LogP contribution in [0.4, 0.5) is 0 Å². The van der Waals surface area contributed by atoms with Crippen LogP contribution >= 0.6 is 0 Å². The van der Waals surface area contributed by atoms with Gasteiger partial charge in [-0.2, -0.15) is 4.31 Å². The maximum absolute atomic E-state index is 13.0. The van der Waals surface area contributed by atoms with Crippen LogP contribution in [0.5, 0.6) is 5.75 Å². The summed E-state index contributed by atoms with van der Waals surface area (Å²) in [5, 5.41) is 0. The monoisotopic (exact) mass is 485 g/mol. The predicted molar refractivity (Wildman–Crippen MR) is 120 cm³/mol. The van der Waals surface area contributed by atoms with Crippen molar-refractivity contribution in [3.63, 3.8) is 0 Å². The molecule has 3 saturated heterocycles. The molecule has 3 heterocycles. The number of ether oxygens (including phenoxy) is 1. The lowest BCUT2D eigenvalue weighted by molar-refractivity contribution is -0.138. The van der Waals surface area contributed by atoms with E-state index in [1.54, 1.807) is 17.0 Å². The Morgan fingerprint density at radius 1 is 0.969 bits per heavy atom. The molecule has 32 heavy (non-hydrogen) atoms. The molecule has 0 radical (unpaired) electrons. The Kier molecular flexibility index (Phi) is 6.81. The number of nitrogens with zero attached hydrogens (tertiary/aromatic N) is 3. The third-order valence-corrected chi connectivity index (χ3v) is 10.5.